The van der Waals surface area contributed by atoms with Crippen LogP contribution in [-0.2, 0) is 9.59 Å². The molecule has 1 aromatic heterocycles. The monoisotopic (exact) mass is 481 g/mol. The third kappa shape index (κ3) is 5.03. The van der Waals surface area contributed by atoms with Gasteiger partial charge >= 0.3 is 0 Å². The molecule has 4 aromatic rings. The number of amides is 2. The summed E-state index contributed by atoms with van der Waals surface area (Å²) >= 11 is 1.53. The van der Waals surface area contributed by atoms with Gasteiger partial charge in [0.2, 0.25) is 11.8 Å². The van der Waals surface area contributed by atoms with Crippen molar-refractivity contribution in [3.05, 3.63) is 96.1 Å². The number of thiazole rings is 1. The van der Waals surface area contributed by atoms with Crippen LogP contribution in [0.25, 0.3) is 16.3 Å². The highest BCUT2D eigenvalue weighted by atomic mass is 32.1. The van der Waals surface area contributed by atoms with Gasteiger partial charge in [-0.05, 0) is 55.2 Å². The van der Waals surface area contributed by atoms with Crippen LogP contribution in [0, 0.1) is 12.8 Å². The Kier molecular flexibility index (Phi) is 6.73. The van der Waals surface area contributed by atoms with Crippen LogP contribution in [-0.4, -0.2) is 34.8 Å². The molecule has 0 radical (unpaired) electrons. The minimum Gasteiger partial charge on any atom is -0.339 e. The molecule has 2 amide bonds. The number of anilines is 2. The van der Waals surface area contributed by atoms with Gasteiger partial charge in [-0.25, -0.2) is 4.98 Å². The summed E-state index contributed by atoms with van der Waals surface area (Å²) in [4.78, 5) is 35.0. The number of benzene rings is 3. The lowest BCUT2D eigenvalue weighted by atomic mass is 9.94. The minimum absolute atomic E-state index is 0.0123. The molecule has 2 heterocycles. The molecule has 0 atom stereocenters. The van der Waals surface area contributed by atoms with Crippen molar-refractivity contribution < 1.29 is 9.59 Å². The van der Waals surface area contributed by atoms with E-state index in [-0.39, 0.29) is 17.7 Å². The van der Waals surface area contributed by atoms with E-state index in [4.69, 9.17) is 4.98 Å². The van der Waals surface area contributed by atoms with Crippen molar-refractivity contribution in [2.45, 2.75) is 19.8 Å². The van der Waals surface area contributed by atoms with Gasteiger partial charge in [0.1, 0.15) is 0 Å². The highest BCUT2D eigenvalue weighted by Gasteiger charge is 2.33. The maximum atomic E-state index is 13.9. The molecule has 5 rings (SSSR count). The van der Waals surface area contributed by atoms with E-state index in [2.05, 4.69) is 0 Å². The van der Waals surface area contributed by atoms with Crippen LogP contribution >= 0.6 is 11.3 Å². The van der Waals surface area contributed by atoms with Crippen molar-refractivity contribution >= 4 is 50.3 Å². The van der Waals surface area contributed by atoms with E-state index in [1.807, 2.05) is 96.8 Å². The Hall–Kier alpha value is -3.77. The third-order valence-electron chi connectivity index (χ3n) is 6.42. The van der Waals surface area contributed by atoms with Gasteiger partial charge in [0, 0.05) is 25.1 Å². The van der Waals surface area contributed by atoms with Crippen LogP contribution in [0.1, 0.15) is 24.0 Å². The number of hydrogen-bond acceptors (Lipinski definition) is 4. The Morgan fingerprint density at radius 1 is 0.943 bits per heavy atom. The van der Waals surface area contributed by atoms with Crippen molar-refractivity contribution in [1.82, 2.24) is 9.88 Å². The zero-order valence-corrected chi connectivity index (χ0v) is 20.4. The number of aryl methyl sites for hydroxylation is 1. The maximum Gasteiger partial charge on any atom is 0.246 e. The largest absolute Gasteiger partial charge is 0.339 e. The molecule has 176 valence electrons. The predicted octanol–water partition coefficient (Wildman–Crippen LogP) is 6.22. The fourth-order valence-electron chi connectivity index (χ4n) is 4.45. The second kappa shape index (κ2) is 10.2. The number of piperidine rings is 1. The molecule has 1 saturated heterocycles. The van der Waals surface area contributed by atoms with Crippen LogP contribution in [0.5, 0.6) is 0 Å². The number of fused-ring (bicyclic) bond motifs is 1. The zero-order chi connectivity index (χ0) is 24.2. The van der Waals surface area contributed by atoms with Gasteiger partial charge < -0.3 is 4.90 Å². The average molecular weight is 482 g/mol. The molecule has 35 heavy (non-hydrogen) atoms. The summed E-state index contributed by atoms with van der Waals surface area (Å²) in [5.74, 6) is -0.129. The van der Waals surface area contributed by atoms with E-state index >= 15 is 0 Å². The average Bonchev–Trinajstić information content (AvgIpc) is 3.33. The van der Waals surface area contributed by atoms with Crippen molar-refractivity contribution in [2.75, 3.05) is 18.0 Å². The second-order valence-electron chi connectivity index (χ2n) is 8.77. The Balaban J connectivity index is 1.34. The molecule has 1 aliphatic heterocycles. The number of aromatic nitrogens is 1. The van der Waals surface area contributed by atoms with Crippen molar-refractivity contribution in [1.29, 1.82) is 0 Å². The van der Waals surface area contributed by atoms with E-state index in [1.54, 1.807) is 11.0 Å². The van der Waals surface area contributed by atoms with Crippen LogP contribution in [0.2, 0.25) is 0 Å². The van der Waals surface area contributed by atoms with Gasteiger partial charge in [-0.15, -0.1) is 0 Å². The summed E-state index contributed by atoms with van der Waals surface area (Å²) in [6.07, 6.45) is 4.74. The number of hydrogen-bond donors (Lipinski definition) is 0. The normalized spacial score (nSPS) is 14.5. The fourth-order valence-corrected chi connectivity index (χ4v) is 5.44. The van der Waals surface area contributed by atoms with E-state index in [9.17, 15) is 9.59 Å². The topological polar surface area (TPSA) is 53.5 Å². The molecule has 3 aromatic carbocycles. The predicted molar refractivity (Wildman–Crippen MR) is 143 cm³/mol. The van der Waals surface area contributed by atoms with Gasteiger partial charge in [-0.3, -0.25) is 14.5 Å². The molecule has 0 unspecified atom stereocenters. The van der Waals surface area contributed by atoms with Crippen LogP contribution < -0.4 is 4.90 Å². The Morgan fingerprint density at radius 3 is 2.37 bits per heavy atom. The minimum atomic E-state index is -0.163. The molecule has 0 saturated carbocycles. The summed E-state index contributed by atoms with van der Waals surface area (Å²) in [5.41, 5.74) is 3.78. The number of likely N-dealkylation sites (tertiary alicyclic amines) is 1. The summed E-state index contributed by atoms with van der Waals surface area (Å²) in [5, 5.41) is 0.690. The quantitative estimate of drug-likeness (QED) is 0.318. The molecule has 5 nitrogen and oxygen atoms in total. The van der Waals surface area contributed by atoms with E-state index in [0.29, 0.717) is 31.1 Å². The third-order valence-corrected chi connectivity index (χ3v) is 7.45. The molecule has 0 bridgehead atoms. The van der Waals surface area contributed by atoms with Gasteiger partial charge in [0.05, 0.1) is 15.9 Å². The van der Waals surface area contributed by atoms with E-state index < -0.39 is 0 Å². The lowest BCUT2D eigenvalue weighted by Crippen LogP contribution is -2.43. The fraction of sp³-hybridized carbons (Fsp3) is 0.207. The molecule has 0 spiro atoms. The SMILES string of the molecule is Cc1ccccc1N(C(=O)C1CCN(C(=O)/C=C/c2ccccc2)CC1)c1nc2ccccc2s1. The van der Waals surface area contributed by atoms with Crippen molar-refractivity contribution in [3.8, 4) is 0 Å². The Bertz CT molecular complexity index is 1340. The number of para-hydroxylation sites is 2. The van der Waals surface area contributed by atoms with Gasteiger partial charge in [0.25, 0.3) is 0 Å². The summed E-state index contributed by atoms with van der Waals surface area (Å²) in [7, 11) is 0. The first-order chi connectivity index (χ1) is 17.1. The molecule has 1 fully saturated rings. The first-order valence-electron chi connectivity index (χ1n) is 11.9. The molecule has 0 N–H and O–H groups in total. The smallest absolute Gasteiger partial charge is 0.246 e. The van der Waals surface area contributed by atoms with E-state index in [0.717, 1.165) is 27.0 Å². The molecule has 6 heteroatoms. The van der Waals surface area contributed by atoms with Gasteiger partial charge in [0.15, 0.2) is 5.13 Å². The first kappa shape index (κ1) is 23.0. The number of rotatable bonds is 5. The highest BCUT2D eigenvalue weighted by molar-refractivity contribution is 7.22. The second-order valence-corrected chi connectivity index (χ2v) is 9.78. The van der Waals surface area contributed by atoms with Crippen LogP contribution in [0.4, 0.5) is 10.8 Å². The van der Waals surface area contributed by atoms with Gasteiger partial charge in [-0.2, -0.15) is 0 Å². The number of carbonyl (C=O) groups is 2. The summed E-state index contributed by atoms with van der Waals surface area (Å²) in [6, 6.07) is 25.7. The van der Waals surface area contributed by atoms with Crippen molar-refractivity contribution in [2.24, 2.45) is 5.92 Å². The maximum absolute atomic E-state index is 13.9. The zero-order valence-electron chi connectivity index (χ0n) is 19.6. The lowest BCUT2D eigenvalue weighted by Gasteiger charge is -2.33. The summed E-state index contributed by atoms with van der Waals surface area (Å²) in [6.45, 7) is 3.15. The van der Waals surface area contributed by atoms with E-state index in [1.165, 1.54) is 11.3 Å². The Labute approximate surface area is 209 Å². The standard InChI is InChI=1S/C29H27N3O2S/c1-21-9-5-7-13-25(21)32(29-30-24-12-6-8-14-26(24)35-29)28(34)23-17-19-31(20-18-23)27(33)16-15-22-10-3-2-4-11-22/h2-16,23H,17-20H2,1H3/b16-15+. The first-order valence-corrected chi connectivity index (χ1v) is 12.7. The summed E-state index contributed by atoms with van der Waals surface area (Å²) < 4.78 is 1.06. The lowest BCUT2D eigenvalue weighted by molar-refractivity contribution is -0.130. The highest BCUT2D eigenvalue weighted by Crippen LogP contribution is 2.37. The number of nitrogens with zero attached hydrogens (tertiary/aromatic N) is 3. The van der Waals surface area contributed by atoms with Crippen LogP contribution in [0.3, 0.4) is 0 Å². The molecule has 1 aliphatic rings. The van der Waals surface area contributed by atoms with Gasteiger partial charge in [-0.1, -0.05) is 72.0 Å². The molecule has 0 aliphatic carbocycles. The molecular weight excluding hydrogens is 454 g/mol. The molecular formula is C29H27N3O2S. The van der Waals surface area contributed by atoms with Crippen LogP contribution in [0.15, 0.2) is 84.9 Å². The number of carbonyl (C=O) groups excluding carboxylic acids is 2. The van der Waals surface area contributed by atoms with Crippen molar-refractivity contribution in [3.63, 3.8) is 0 Å². The Morgan fingerprint density at radius 2 is 1.63 bits per heavy atom.